The number of carbonyl (C=O) groups is 1. The third-order valence-corrected chi connectivity index (χ3v) is 3.41. The molecule has 2 rings (SSSR count). The van der Waals surface area contributed by atoms with E-state index in [0.29, 0.717) is 30.9 Å². The first-order chi connectivity index (χ1) is 9.31. The first-order valence-electron chi connectivity index (χ1n) is 6.47. The lowest BCUT2D eigenvalue weighted by molar-refractivity contribution is -0.384. The van der Waals surface area contributed by atoms with E-state index in [-0.39, 0.29) is 11.6 Å². The van der Waals surface area contributed by atoms with Crippen LogP contribution in [0.4, 0.5) is 5.69 Å². The zero-order valence-electron chi connectivity index (χ0n) is 11.9. The van der Waals surface area contributed by atoms with Crippen LogP contribution in [0.3, 0.4) is 0 Å². The lowest BCUT2D eigenvalue weighted by Crippen LogP contribution is -2.55. The molecule has 1 saturated heterocycles. The minimum atomic E-state index is -0.478. The Labute approximate surface area is 117 Å². The van der Waals surface area contributed by atoms with Crippen LogP contribution in [0.5, 0.6) is 0 Å². The number of nitro groups is 1. The molecule has 6 heteroatoms. The molecule has 1 aromatic carbocycles. The van der Waals surface area contributed by atoms with Crippen molar-refractivity contribution in [2.45, 2.75) is 26.3 Å². The second-order valence-electron chi connectivity index (χ2n) is 5.64. The number of amides is 1. The smallest absolute Gasteiger partial charge is 0.270 e. The highest BCUT2D eigenvalue weighted by Crippen LogP contribution is 2.24. The molecule has 1 fully saturated rings. The molecule has 1 aromatic rings. The highest BCUT2D eigenvalue weighted by atomic mass is 16.6. The number of morpholine rings is 1. The third-order valence-electron chi connectivity index (χ3n) is 3.41. The number of aryl methyl sites for hydroxylation is 1. The summed E-state index contributed by atoms with van der Waals surface area (Å²) in [6.45, 7) is 7.04. The van der Waals surface area contributed by atoms with Gasteiger partial charge in [-0.25, -0.2) is 0 Å². The summed E-state index contributed by atoms with van der Waals surface area (Å²) in [6.07, 6.45) is 0. The Bertz CT molecular complexity index is 554. The highest BCUT2D eigenvalue weighted by Gasteiger charge is 2.35. The van der Waals surface area contributed by atoms with Gasteiger partial charge in [0.15, 0.2) is 0 Å². The fourth-order valence-corrected chi connectivity index (χ4v) is 2.38. The molecule has 0 aliphatic carbocycles. The lowest BCUT2D eigenvalue weighted by atomic mass is 10.00. The first kappa shape index (κ1) is 14.5. The van der Waals surface area contributed by atoms with Gasteiger partial charge in [0, 0.05) is 24.2 Å². The molecule has 108 valence electrons. The van der Waals surface area contributed by atoms with E-state index >= 15 is 0 Å². The maximum atomic E-state index is 12.6. The predicted octanol–water partition coefficient (Wildman–Crippen LogP) is 2.15. The van der Waals surface area contributed by atoms with Crippen molar-refractivity contribution in [2.24, 2.45) is 0 Å². The standard InChI is InChI=1S/C14H18N2O4/c1-10-6-11(8-12(7-10)16(18)19)13(17)15-4-5-20-9-14(15,2)3/h6-8H,4-5,9H2,1-3H3. The first-order valence-corrected chi connectivity index (χ1v) is 6.47. The van der Waals surface area contributed by atoms with Crippen LogP contribution in [0.25, 0.3) is 0 Å². The minimum absolute atomic E-state index is 0.0561. The van der Waals surface area contributed by atoms with E-state index in [1.54, 1.807) is 17.9 Å². The minimum Gasteiger partial charge on any atom is -0.377 e. The summed E-state index contributed by atoms with van der Waals surface area (Å²) in [5, 5.41) is 10.9. The number of non-ortho nitro benzene ring substituents is 1. The average Bonchev–Trinajstić information content (AvgIpc) is 2.36. The Kier molecular flexibility index (Phi) is 3.76. The van der Waals surface area contributed by atoms with Crippen molar-refractivity contribution < 1.29 is 14.5 Å². The molecule has 6 nitrogen and oxygen atoms in total. The molecule has 0 N–H and O–H groups in total. The molecular formula is C14H18N2O4. The van der Waals surface area contributed by atoms with E-state index < -0.39 is 10.5 Å². The molecule has 1 amide bonds. The zero-order chi connectivity index (χ0) is 14.9. The van der Waals surface area contributed by atoms with Crippen molar-refractivity contribution in [1.29, 1.82) is 0 Å². The topological polar surface area (TPSA) is 72.7 Å². The van der Waals surface area contributed by atoms with Crippen LogP contribution in [0, 0.1) is 17.0 Å². The van der Waals surface area contributed by atoms with Crippen molar-refractivity contribution in [3.8, 4) is 0 Å². The number of nitro benzene ring substituents is 1. The van der Waals surface area contributed by atoms with E-state index in [2.05, 4.69) is 0 Å². The lowest BCUT2D eigenvalue weighted by Gasteiger charge is -2.42. The number of hydrogen-bond donors (Lipinski definition) is 0. The average molecular weight is 278 g/mol. The van der Waals surface area contributed by atoms with Crippen molar-refractivity contribution in [3.05, 3.63) is 39.4 Å². The molecule has 1 aliphatic heterocycles. The number of ether oxygens (including phenoxy) is 1. The fraction of sp³-hybridized carbons (Fsp3) is 0.500. The summed E-state index contributed by atoms with van der Waals surface area (Å²) in [7, 11) is 0. The van der Waals surface area contributed by atoms with E-state index in [1.807, 2.05) is 13.8 Å². The predicted molar refractivity (Wildman–Crippen MR) is 73.8 cm³/mol. The second kappa shape index (κ2) is 5.20. The molecule has 0 aromatic heterocycles. The van der Waals surface area contributed by atoms with Crippen molar-refractivity contribution in [1.82, 2.24) is 4.90 Å². The Morgan fingerprint density at radius 2 is 2.10 bits per heavy atom. The van der Waals surface area contributed by atoms with E-state index in [1.165, 1.54) is 12.1 Å². The van der Waals surface area contributed by atoms with Gasteiger partial charge >= 0.3 is 0 Å². The summed E-state index contributed by atoms with van der Waals surface area (Å²) in [5.41, 5.74) is 0.591. The van der Waals surface area contributed by atoms with Crippen molar-refractivity contribution >= 4 is 11.6 Å². The summed E-state index contributed by atoms with van der Waals surface area (Å²) in [6, 6.07) is 4.48. The third kappa shape index (κ3) is 2.80. The van der Waals surface area contributed by atoms with Gasteiger partial charge in [-0.1, -0.05) is 0 Å². The van der Waals surface area contributed by atoms with E-state index in [9.17, 15) is 14.9 Å². The van der Waals surface area contributed by atoms with Gasteiger partial charge in [-0.15, -0.1) is 0 Å². The normalized spacial score (nSPS) is 17.9. The monoisotopic (exact) mass is 278 g/mol. The molecule has 0 spiro atoms. The molecule has 1 heterocycles. The molecule has 0 atom stereocenters. The van der Waals surface area contributed by atoms with Crippen molar-refractivity contribution in [3.63, 3.8) is 0 Å². The van der Waals surface area contributed by atoms with Gasteiger partial charge in [0.1, 0.15) is 0 Å². The van der Waals surface area contributed by atoms with Gasteiger partial charge in [0.05, 0.1) is 23.7 Å². The van der Waals surface area contributed by atoms with Gasteiger partial charge in [-0.05, 0) is 32.4 Å². The summed E-state index contributed by atoms with van der Waals surface area (Å²) in [5.74, 6) is -0.190. The zero-order valence-corrected chi connectivity index (χ0v) is 11.9. The van der Waals surface area contributed by atoms with Crippen LogP contribution in [0.15, 0.2) is 18.2 Å². The van der Waals surface area contributed by atoms with Gasteiger partial charge < -0.3 is 9.64 Å². The van der Waals surface area contributed by atoms with Crippen LogP contribution in [0.2, 0.25) is 0 Å². The van der Waals surface area contributed by atoms with Gasteiger partial charge in [0.2, 0.25) is 0 Å². The number of benzene rings is 1. The number of carbonyl (C=O) groups excluding carboxylic acids is 1. The number of rotatable bonds is 2. The Morgan fingerprint density at radius 1 is 1.40 bits per heavy atom. The van der Waals surface area contributed by atoms with Gasteiger partial charge in [-0.3, -0.25) is 14.9 Å². The molecule has 0 unspecified atom stereocenters. The quantitative estimate of drug-likeness (QED) is 0.614. The Balaban J connectivity index is 2.35. The maximum absolute atomic E-state index is 12.6. The van der Waals surface area contributed by atoms with Crippen LogP contribution in [0.1, 0.15) is 29.8 Å². The molecular weight excluding hydrogens is 260 g/mol. The maximum Gasteiger partial charge on any atom is 0.270 e. The van der Waals surface area contributed by atoms with Crippen molar-refractivity contribution in [2.75, 3.05) is 19.8 Å². The Hall–Kier alpha value is -1.95. The number of nitrogens with zero attached hydrogens (tertiary/aromatic N) is 2. The van der Waals surface area contributed by atoms with E-state index in [4.69, 9.17) is 4.74 Å². The van der Waals surface area contributed by atoms with Gasteiger partial charge in [-0.2, -0.15) is 0 Å². The SMILES string of the molecule is Cc1cc(C(=O)N2CCOCC2(C)C)cc([N+](=O)[O-])c1. The fourth-order valence-electron chi connectivity index (χ4n) is 2.38. The summed E-state index contributed by atoms with van der Waals surface area (Å²) < 4.78 is 5.38. The molecule has 0 saturated carbocycles. The molecule has 0 bridgehead atoms. The summed E-state index contributed by atoms with van der Waals surface area (Å²) in [4.78, 5) is 24.7. The van der Waals surface area contributed by atoms with Crippen LogP contribution >= 0.6 is 0 Å². The Morgan fingerprint density at radius 3 is 2.70 bits per heavy atom. The molecule has 1 aliphatic rings. The second-order valence-corrected chi connectivity index (χ2v) is 5.64. The van der Waals surface area contributed by atoms with Crippen LogP contribution in [-0.2, 0) is 4.74 Å². The van der Waals surface area contributed by atoms with Crippen LogP contribution < -0.4 is 0 Å². The highest BCUT2D eigenvalue weighted by molar-refractivity contribution is 5.95. The molecule has 0 radical (unpaired) electrons. The van der Waals surface area contributed by atoms with Crippen LogP contribution in [-0.4, -0.2) is 41.0 Å². The summed E-state index contributed by atoms with van der Waals surface area (Å²) >= 11 is 0. The largest absolute Gasteiger partial charge is 0.377 e. The number of hydrogen-bond acceptors (Lipinski definition) is 4. The van der Waals surface area contributed by atoms with E-state index in [0.717, 1.165) is 0 Å². The van der Waals surface area contributed by atoms with Gasteiger partial charge in [0.25, 0.3) is 11.6 Å². The molecule has 20 heavy (non-hydrogen) atoms.